The molecule has 2 unspecified atom stereocenters. The number of nitrogens with one attached hydrogen (secondary N) is 1. The number of carbonyl (C=O) groups excluding carboxylic acids is 1. The van der Waals surface area contributed by atoms with E-state index in [2.05, 4.69) is 5.32 Å². The van der Waals surface area contributed by atoms with Gasteiger partial charge in [0, 0.05) is 12.6 Å². The van der Waals surface area contributed by atoms with E-state index in [1.807, 2.05) is 6.92 Å². The Balaban J connectivity index is 1.84. The molecule has 0 heterocycles. The number of carbonyl (C=O) groups is 2. The van der Waals surface area contributed by atoms with Gasteiger partial charge in [-0.1, -0.05) is 18.6 Å². The molecule has 114 valence electrons. The molecule has 2 atom stereocenters. The summed E-state index contributed by atoms with van der Waals surface area (Å²) in [4.78, 5) is 23.0. The number of amides is 1. The van der Waals surface area contributed by atoms with Gasteiger partial charge in [-0.3, -0.25) is 4.79 Å². The highest BCUT2D eigenvalue weighted by Gasteiger charge is 2.42. The summed E-state index contributed by atoms with van der Waals surface area (Å²) < 4.78 is 0. The molecular weight excluding hydrogens is 268 g/mol. The van der Waals surface area contributed by atoms with Crippen LogP contribution in [0.2, 0.25) is 0 Å². The Hall–Kier alpha value is -1.88. The molecule has 0 aliphatic heterocycles. The van der Waals surface area contributed by atoms with E-state index in [9.17, 15) is 9.59 Å². The molecule has 0 radical (unpaired) electrons. The first kappa shape index (κ1) is 15.5. The predicted octanol–water partition coefficient (Wildman–Crippen LogP) is 1.56. The first-order valence-electron chi connectivity index (χ1n) is 7.29. The number of hydrogen-bond acceptors (Lipinski definition) is 3. The van der Waals surface area contributed by atoms with Crippen molar-refractivity contribution in [2.75, 3.05) is 6.54 Å². The van der Waals surface area contributed by atoms with Crippen LogP contribution in [0.1, 0.15) is 42.1 Å². The highest BCUT2D eigenvalue weighted by Crippen LogP contribution is 2.36. The summed E-state index contributed by atoms with van der Waals surface area (Å²) in [5.41, 5.74) is 6.85. The zero-order chi connectivity index (χ0) is 15.5. The van der Waals surface area contributed by atoms with Gasteiger partial charge in [0.2, 0.25) is 5.91 Å². The van der Waals surface area contributed by atoms with Crippen molar-refractivity contribution in [3.05, 3.63) is 35.4 Å². The van der Waals surface area contributed by atoms with Crippen LogP contribution in [0, 0.1) is 5.41 Å². The molecule has 0 spiro atoms. The third kappa shape index (κ3) is 3.42. The molecule has 4 N–H and O–H groups in total. The summed E-state index contributed by atoms with van der Waals surface area (Å²) in [5, 5.41) is 11.8. The van der Waals surface area contributed by atoms with Crippen molar-refractivity contribution in [3.63, 3.8) is 0 Å². The standard InChI is InChI=1S/C16H22N2O3/c1-16(9-2-3-13(16)17)15(21)18-10-8-11-4-6-12(7-5-11)14(19)20/h4-7,13H,2-3,8-10,17H2,1H3,(H,18,21)(H,19,20). The average Bonchev–Trinajstić information content (AvgIpc) is 2.80. The summed E-state index contributed by atoms with van der Waals surface area (Å²) in [6.07, 6.45) is 3.42. The van der Waals surface area contributed by atoms with Crippen molar-refractivity contribution < 1.29 is 14.7 Å². The highest BCUT2D eigenvalue weighted by molar-refractivity contribution is 5.87. The Morgan fingerprint density at radius 3 is 2.57 bits per heavy atom. The van der Waals surface area contributed by atoms with E-state index in [-0.39, 0.29) is 17.5 Å². The van der Waals surface area contributed by atoms with Gasteiger partial charge in [-0.05, 0) is 43.9 Å². The van der Waals surface area contributed by atoms with Crippen molar-refractivity contribution >= 4 is 11.9 Å². The van der Waals surface area contributed by atoms with E-state index in [0.29, 0.717) is 13.0 Å². The lowest BCUT2D eigenvalue weighted by molar-refractivity contribution is -0.130. The Morgan fingerprint density at radius 1 is 1.38 bits per heavy atom. The molecular formula is C16H22N2O3. The van der Waals surface area contributed by atoms with Crippen LogP contribution in [0.4, 0.5) is 0 Å². The normalized spacial score (nSPS) is 24.8. The van der Waals surface area contributed by atoms with Gasteiger partial charge < -0.3 is 16.2 Å². The van der Waals surface area contributed by atoms with E-state index in [1.165, 1.54) is 0 Å². The summed E-state index contributed by atoms with van der Waals surface area (Å²) in [6, 6.07) is 6.64. The van der Waals surface area contributed by atoms with E-state index < -0.39 is 11.4 Å². The second-order valence-electron chi connectivity index (χ2n) is 5.92. The fourth-order valence-electron chi connectivity index (χ4n) is 2.81. The highest BCUT2D eigenvalue weighted by atomic mass is 16.4. The molecule has 0 bridgehead atoms. The van der Waals surface area contributed by atoms with Crippen LogP contribution < -0.4 is 11.1 Å². The van der Waals surface area contributed by atoms with Crippen LogP contribution in [0.3, 0.4) is 0 Å². The van der Waals surface area contributed by atoms with Gasteiger partial charge in [0.15, 0.2) is 0 Å². The third-order valence-electron chi connectivity index (χ3n) is 4.45. The molecule has 1 saturated carbocycles. The molecule has 21 heavy (non-hydrogen) atoms. The van der Waals surface area contributed by atoms with Crippen LogP contribution in [0.5, 0.6) is 0 Å². The lowest BCUT2D eigenvalue weighted by Crippen LogP contribution is -2.47. The second-order valence-corrected chi connectivity index (χ2v) is 5.92. The van der Waals surface area contributed by atoms with E-state index >= 15 is 0 Å². The smallest absolute Gasteiger partial charge is 0.335 e. The molecule has 1 aliphatic carbocycles. The fraction of sp³-hybridized carbons (Fsp3) is 0.500. The van der Waals surface area contributed by atoms with Crippen molar-refractivity contribution in [2.24, 2.45) is 11.1 Å². The molecule has 2 rings (SSSR count). The summed E-state index contributed by atoms with van der Waals surface area (Å²) >= 11 is 0. The first-order chi connectivity index (χ1) is 9.93. The molecule has 5 nitrogen and oxygen atoms in total. The number of aromatic carboxylic acids is 1. The van der Waals surface area contributed by atoms with Gasteiger partial charge in [0.05, 0.1) is 11.0 Å². The molecule has 0 saturated heterocycles. The lowest BCUT2D eigenvalue weighted by Gasteiger charge is -2.27. The minimum atomic E-state index is -0.932. The maximum atomic E-state index is 12.2. The molecule has 1 amide bonds. The topological polar surface area (TPSA) is 92.4 Å². The van der Waals surface area contributed by atoms with E-state index in [0.717, 1.165) is 24.8 Å². The minimum Gasteiger partial charge on any atom is -0.478 e. The van der Waals surface area contributed by atoms with Crippen molar-refractivity contribution in [2.45, 2.75) is 38.6 Å². The van der Waals surface area contributed by atoms with Crippen LogP contribution >= 0.6 is 0 Å². The quantitative estimate of drug-likeness (QED) is 0.767. The van der Waals surface area contributed by atoms with Crippen LogP contribution in [0.25, 0.3) is 0 Å². The SMILES string of the molecule is CC1(C(=O)NCCc2ccc(C(=O)O)cc2)CCCC1N. The number of carboxylic acids is 1. The minimum absolute atomic E-state index is 0.0228. The van der Waals surface area contributed by atoms with Gasteiger partial charge in [-0.25, -0.2) is 4.79 Å². The average molecular weight is 290 g/mol. The Kier molecular flexibility index (Phi) is 4.63. The summed E-state index contributed by atoms with van der Waals surface area (Å²) in [7, 11) is 0. The largest absolute Gasteiger partial charge is 0.478 e. The monoisotopic (exact) mass is 290 g/mol. The van der Waals surface area contributed by atoms with Crippen LogP contribution in [-0.2, 0) is 11.2 Å². The third-order valence-corrected chi connectivity index (χ3v) is 4.45. The summed E-state index contributed by atoms with van der Waals surface area (Å²) in [5.74, 6) is -0.910. The molecule has 5 heteroatoms. The van der Waals surface area contributed by atoms with Crippen molar-refractivity contribution in [1.29, 1.82) is 0 Å². The first-order valence-corrected chi connectivity index (χ1v) is 7.29. The van der Waals surface area contributed by atoms with E-state index in [1.54, 1.807) is 24.3 Å². The number of rotatable bonds is 5. The Labute approximate surface area is 124 Å². The molecule has 1 aromatic rings. The second kappa shape index (κ2) is 6.26. The molecule has 1 aromatic carbocycles. The van der Waals surface area contributed by atoms with Crippen molar-refractivity contribution in [1.82, 2.24) is 5.32 Å². The fourth-order valence-corrected chi connectivity index (χ4v) is 2.81. The summed E-state index contributed by atoms with van der Waals surface area (Å²) in [6.45, 7) is 2.47. The van der Waals surface area contributed by atoms with Gasteiger partial charge >= 0.3 is 5.97 Å². The number of benzene rings is 1. The van der Waals surface area contributed by atoms with Crippen LogP contribution in [-0.4, -0.2) is 29.6 Å². The maximum Gasteiger partial charge on any atom is 0.335 e. The zero-order valence-corrected chi connectivity index (χ0v) is 12.3. The van der Waals surface area contributed by atoms with E-state index in [4.69, 9.17) is 10.8 Å². The van der Waals surface area contributed by atoms with Gasteiger partial charge in [0.25, 0.3) is 0 Å². The number of carboxylic acid groups (broad SMARTS) is 1. The maximum absolute atomic E-state index is 12.2. The number of nitrogens with two attached hydrogens (primary N) is 1. The lowest BCUT2D eigenvalue weighted by atomic mass is 9.84. The predicted molar refractivity (Wildman–Crippen MR) is 80.0 cm³/mol. The van der Waals surface area contributed by atoms with Gasteiger partial charge in [-0.2, -0.15) is 0 Å². The zero-order valence-electron chi connectivity index (χ0n) is 12.3. The van der Waals surface area contributed by atoms with Gasteiger partial charge in [-0.15, -0.1) is 0 Å². The van der Waals surface area contributed by atoms with Gasteiger partial charge in [0.1, 0.15) is 0 Å². The number of hydrogen-bond donors (Lipinski definition) is 3. The Morgan fingerprint density at radius 2 is 2.05 bits per heavy atom. The van der Waals surface area contributed by atoms with Crippen LogP contribution in [0.15, 0.2) is 24.3 Å². The molecule has 1 fully saturated rings. The van der Waals surface area contributed by atoms with Crippen molar-refractivity contribution in [3.8, 4) is 0 Å². The molecule has 1 aliphatic rings. The molecule has 0 aromatic heterocycles. The Bertz CT molecular complexity index is 527.